The average molecular weight is 374 g/mol. The second-order valence-electron chi connectivity index (χ2n) is 6.33. The van der Waals surface area contributed by atoms with Crippen LogP contribution in [0.2, 0.25) is 5.02 Å². The fraction of sp³-hybridized carbons (Fsp3) is 0.350. The van der Waals surface area contributed by atoms with Gasteiger partial charge < -0.3 is 15.0 Å². The number of nitrogens with zero attached hydrogens (tertiary/aromatic N) is 2. The number of urea groups is 1. The summed E-state index contributed by atoms with van der Waals surface area (Å²) in [4.78, 5) is 16.6. The van der Waals surface area contributed by atoms with Gasteiger partial charge in [0.2, 0.25) is 0 Å². The highest BCUT2D eigenvalue weighted by molar-refractivity contribution is 6.31. The molecule has 0 spiro atoms. The van der Waals surface area contributed by atoms with Crippen LogP contribution in [-0.4, -0.2) is 49.1 Å². The Morgan fingerprint density at radius 1 is 1.04 bits per heavy atom. The molecule has 26 heavy (non-hydrogen) atoms. The lowest BCUT2D eigenvalue weighted by Crippen LogP contribution is -2.51. The molecule has 0 atom stereocenters. The van der Waals surface area contributed by atoms with E-state index < -0.39 is 0 Å². The van der Waals surface area contributed by atoms with E-state index in [1.54, 1.807) is 7.11 Å². The van der Waals surface area contributed by atoms with Crippen molar-refractivity contribution >= 4 is 17.6 Å². The smallest absolute Gasteiger partial charge is 0.317 e. The maximum Gasteiger partial charge on any atom is 0.317 e. The van der Waals surface area contributed by atoms with Gasteiger partial charge in [0.25, 0.3) is 0 Å². The molecule has 5 nitrogen and oxygen atoms in total. The fourth-order valence-corrected chi connectivity index (χ4v) is 3.30. The Labute approximate surface area is 159 Å². The highest BCUT2D eigenvalue weighted by atomic mass is 35.5. The molecule has 0 aliphatic carbocycles. The van der Waals surface area contributed by atoms with Crippen LogP contribution in [0.5, 0.6) is 5.75 Å². The number of amides is 2. The first kappa shape index (κ1) is 18.5. The lowest BCUT2D eigenvalue weighted by Gasteiger charge is -2.34. The normalized spacial score (nSPS) is 14.9. The maximum atomic E-state index is 12.4. The number of para-hydroxylation sites is 1. The Balaban J connectivity index is 1.47. The number of ether oxygens (including phenoxy) is 1. The first-order valence-corrected chi connectivity index (χ1v) is 9.15. The van der Waals surface area contributed by atoms with Crippen molar-refractivity contribution in [3.05, 3.63) is 64.7 Å². The summed E-state index contributed by atoms with van der Waals surface area (Å²) in [6.07, 6.45) is 0. The van der Waals surface area contributed by atoms with Gasteiger partial charge in [0, 0.05) is 49.9 Å². The molecule has 2 aromatic rings. The van der Waals surface area contributed by atoms with Crippen molar-refractivity contribution in [3.63, 3.8) is 0 Å². The predicted octanol–water partition coefficient (Wildman–Crippen LogP) is 3.38. The summed E-state index contributed by atoms with van der Waals surface area (Å²) in [5.74, 6) is 0.789. The Kier molecular flexibility index (Phi) is 6.36. The second-order valence-corrected chi connectivity index (χ2v) is 6.73. The van der Waals surface area contributed by atoms with Crippen LogP contribution in [0.1, 0.15) is 11.1 Å². The second kappa shape index (κ2) is 8.92. The average Bonchev–Trinajstić information content (AvgIpc) is 2.68. The van der Waals surface area contributed by atoms with Gasteiger partial charge >= 0.3 is 6.03 Å². The summed E-state index contributed by atoms with van der Waals surface area (Å²) >= 11 is 6.24. The van der Waals surface area contributed by atoms with Crippen molar-refractivity contribution in [2.45, 2.75) is 13.1 Å². The molecule has 2 amide bonds. The minimum Gasteiger partial charge on any atom is -0.496 e. The maximum absolute atomic E-state index is 12.4. The van der Waals surface area contributed by atoms with Gasteiger partial charge in [-0.25, -0.2) is 4.79 Å². The number of rotatable bonds is 5. The summed E-state index contributed by atoms with van der Waals surface area (Å²) in [6, 6.07) is 15.6. The van der Waals surface area contributed by atoms with Gasteiger partial charge in [0.15, 0.2) is 0 Å². The van der Waals surface area contributed by atoms with E-state index in [4.69, 9.17) is 16.3 Å². The summed E-state index contributed by atoms with van der Waals surface area (Å²) < 4.78 is 5.32. The van der Waals surface area contributed by atoms with Gasteiger partial charge in [-0.2, -0.15) is 0 Å². The summed E-state index contributed by atoms with van der Waals surface area (Å²) in [6.45, 7) is 4.38. The van der Waals surface area contributed by atoms with Crippen molar-refractivity contribution in [3.8, 4) is 5.75 Å². The molecular formula is C20H24ClN3O2. The summed E-state index contributed by atoms with van der Waals surface area (Å²) in [5, 5.41) is 3.78. The zero-order valence-electron chi connectivity index (χ0n) is 15.0. The Morgan fingerprint density at radius 2 is 1.69 bits per heavy atom. The van der Waals surface area contributed by atoms with Crippen molar-refractivity contribution in [1.29, 1.82) is 0 Å². The number of nitrogens with one attached hydrogen (secondary N) is 1. The standard InChI is InChI=1S/C20H24ClN3O2/c1-26-19-9-5-3-6-16(19)14-22-20(25)24-12-10-23(11-13-24)15-17-7-2-4-8-18(17)21/h2-9H,10-15H2,1H3,(H,22,25). The number of benzene rings is 2. The largest absolute Gasteiger partial charge is 0.496 e. The number of halogens is 1. The van der Waals surface area contributed by atoms with Crippen molar-refractivity contribution in [1.82, 2.24) is 15.1 Å². The van der Waals surface area contributed by atoms with E-state index in [1.807, 2.05) is 47.4 Å². The van der Waals surface area contributed by atoms with Crippen LogP contribution < -0.4 is 10.1 Å². The van der Waals surface area contributed by atoms with Crippen LogP contribution in [-0.2, 0) is 13.1 Å². The van der Waals surface area contributed by atoms with E-state index in [0.29, 0.717) is 19.6 Å². The quantitative estimate of drug-likeness (QED) is 0.873. The highest BCUT2D eigenvalue weighted by Crippen LogP contribution is 2.19. The SMILES string of the molecule is COc1ccccc1CNC(=O)N1CCN(Cc2ccccc2Cl)CC1. The molecule has 6 heteroatoms. The third-order valence-electron chi connectivity index (χ3n) is 4.63. The number of carbonyl (C=O) groups is 1. The van der Waals surface area contributed by atoms with Gasteiger partial charge in [0.05, 0.1) is 7.11 Å². The van der Waals surface area contributed by atoms with Gasteiger partial charge in [-0.1, -0.05) is 48.0 Å². The van der Waals surface area contributed by atoms with E-state index in [2.05, 4.69) is 16.3 Å². The molecule has 1 N–H and O–H groups in total. The van der Waals surface area contributed by atoms with Crippen LogP contribution in [0, 0.1) is 0 Å². The molecule has 3 rings (SSSR count). The molecule has 1 aliphatic heterocycles. The lowest BCUT2D eigenvalue weighted by atomic mass is 10.2. The molecule has 2 aromatic carbocycles. The molecule has 0 aromatic heterocycles. The number of hydrogen-bond acceptors (Lipinski definition) is 3. The highest BCUT2D eigenvalue weighted by Gasteiger charge is 2.21. The van der Waals surface area contributed by atoms with Crippen LogP contribution in [0.25, 0.3) is 0 Å². The molecule has 0 radical (unpaired) electrons. The number of carbonyl (C=O) groups excluding carboxylic acids is 1. The Hall–Kier alpha value is -2.24. The third kappa shape index (κ3) is 4.68. The third-order valence-corrected chi connectivity index (χ3v) is 5.00. The summed E-state index contributed by atoms with van der Waals surface area (Å²) in [5.41, 5.74) is 2.10. The summed E-state index contributed by atoms with van der Waals surface area (Å²) in [7, 11) is 1.64. The molecule has 1 heterocycles. The Bertz CT molecular complexity index is 745. The monoisotopic (exact) mass is 373 g/mol. The molecule has 0 saturated carbocycles. The molecule has 0 unspecified atom stereocenters. The molecular weight excluding hydrogens is 350 g/mol. The number of piperazine rings is 1. The van der Waals surface area contributed by atoms with Crippen molar-refractivity contribution < 1.29 is 9.53 Å². The minimum atomic E-state index is -0.0340. The minimum absolute atomic E-state index is 0.0340. The van der Waals surface area contributed by atoms with Crippen molar-refractivity contribution in [2.75, 3.05) is 33.3 Å². The lowest BCUT2D eigenvalue weighted by molar-refractivity contribution is 0.135. The van der Waals surface area contributed by atoms with E-state index in [0.717, 1.165) is 41.5 Å². The van der Waals surface area contributed by atoms with Gasteiger partial charge in [-0.05, 0) is 17.7 Å². The van der Waals surface area contributed by atoms with Gasteiger partial charge in [-0.3, -0.25) is 4.90 Å². The van der Waals surface area contributed by atoms with Crippen LogP contribution in [0.3, 0.4) is 0 Å². The fourth-order valence-electron chi connectivity index (χ4n) is 3.11. The molecule has 1 saturated heterocycles. The van der Waals surface area contributed by atoms with Crippen LogP contribution in [0.15, 0.2) is 48.5 Å². The number of hydrogen-bond donors (Lipinski definition) is 1. The van der Waals surface area contributed by atoms with E-state index in [-0.39, 0.29) is 6.03 Å². The van der Waals surface area contributed by atoms with Gasteiger partial charge in [-0.15, -0.1) is 0 Å². The first-order chi connectivity index (χ1) is 12.7. The zero-order valence-corrected chi connectivity index (χ0v) is 15.7. The van der Waals surface area contributed by atoms with E-state index >= 15 is 0 Å². The van der Waals surface area contributed by atoms with E-state index in [9.17, 15) is 4.79 Å². The van der Waals surface area contributed by atoms with E-state index in [1.165, 1.54) is 0 Å². The van der Waals surface area contributed by atoms with Crippen LogP contribution in [0.4, 0.5) is 4.79 Å². The van der Waals surface area contributed by atoms with Crippen molar-refractivity contribution in [2.24, 2.45) is 0 Å². The Morgan fingerprint density at radius 3 is 2.38 bits per heavy atom. The molecule has 138 valence electrons. The first-order valence-electron chi connectivity index (χ1n) is 8.78. The molecule has 1 aliphatic rings. The molecule has 0 bridgehead atoms. The predicted molar refractivity (Wildman–Crippen MR) is 104 cm³/mol. The number of methoxy groups -OCH3 is 1. The zero-order chi connectivity index (χ0) is 18.4. The molecule has 1 fully saturated rings. The van der Waals surface area contributed by atoms with Crippen LogP contribution >= 0.6 is 11.6 Å². The topological polar surface area (TPSA) is 44.8 Å². The van der Waals surface area contributed by atoms with Gasteiger partial charge in [0.1, 0.15) is 5.75 Å².